The van der Waals surface area contributed by atoms with E-state index >= 15 is 0 Å². The zero-order chi connectivity index (χ0) is 18.4. The zero-order valence-electron chi connectivity index (χ0n) is 13.8. The first-order valence-corrected chi connectivity index (χ1v) is 7.67. The summed E-state index contributed by atoms with van der Waals surface area (Å²) in [4.78, 5) is 12.0. The number of carbonyl (C=O) groups excluding carboxylic acids is 1. The van der Waals surface area contributed by atoms with Crippen molar-refractivity contribution in [1.82, 2.24) is 0 Å². The van der Waals surface area contributed by atoms with Crippen LogP contribution in [0.25, 0.3) is 5.57 Å². The largest absolute Gasteiger partial charge is 0.491 e. The van der Waals surface area contributed by atoms with E-state index in [4.69, 9.17) is 4.74 Å². The van der Waals surface area contributed by atoms with E-state index in [1.165, 1.54) is 24.3 Å². The highest BCUT2D eigenvalue weighted by atomic mass is 19.4. The van der Waals surface area contributed by atoms with Gasteiger partial charge in [0.2, 0.25) is 5.91 Å². The Morgan fingerprint density at radius 3 is 2.16 bits per heavy atom. The number of allylic oxidation sites excluding steroid dienone is 1. The molecular formula is C19H18F3NO2. The molecule has 2 aromatic carbocycles. The van der Waals surface area contributed by atoms with Crippen molar-refractivity contribution in [3.8, 4) is 5.75 Å². The Labute approximate surface area is 144 Å². The van der Waals surface area contributed by atoms with Gasteiger partial charge in [0, 0.05) is 11.8 Å². The molecule has 0 heterocycles. The molecule has 0 spiro atoms. The van der Waals surface area contributed by atoms with Crippen molar-refractivity contribution in [1.29, 1.82) is 0 Å². The maximum absolute atomic E-state index is 13.2. The summed E-state index contributed by atoms with van der Waals surface area (Å²) >= 11 is 0. The van der Waals surface area contributed by atoms with Gasteiger partial charge < -0.3 is 10.1 Å². The number of benzene rings is 2. The van der Waals surface area contributed by atoms with Crippen molar-refractivity contribution in [2.75, 3.05) is 5.32 Å². The highest BCUT2D eigenvalue weighted by molar-refractivity contribution is 6.04. The van der Waals surface area contributed by atoms with Gasteiger partial charge in [0.15, 0.2) is 0 Å². The van der Waals surface area contributed by atoms with Crippen molar-refractivity contribution in [3.05, 3.63) is 66.2 Å². The molecule has 0 fully saturated rings. The van der Waals surface area contributed by atoms with Gasteiger partial charge in [0.05, 0.1) is 11.7 Å². The first-order chi connectivity index (χ1) is 11.8. The zero-order valence-corrected chi connectivity index (χ0v) is 13.8. The van der Waals surface area contributed by atoms with Gasteiger partial charge >= 0.3 is 6.18 Å². The van der Waals surface area contributed by atoms with Crippen LogP contribution in [0.3, 0.4) is 0 Å². The van der Waals surface area contributed by atoms with E-state index in [0.717, 1.165) is 0 Å². The number of ether oxygens (including phenoxy) is 1. The molecule has 0 saturated heterocycles. The fraction of sp³-hybridized carbons (Fsp3) is 0.211. The highest BCUT2D eigenvalue weighted by Crippen LogP contribution is 2.33. The van der Waals surface area contributed by atoms with Gasteiger partial charge in [-0.1, -0.05) is 30.3 Å². The Morgan fingerprint density at radius 1 is 1.04 bits per heavy atom. The lowest BCUT2D eigenvalue weighted by Gasteiger charge is -2.12. The Kier molecular flexibility index (Phi) is 5.85. The summed E-state index contributed by atoms with van der Waals surface area (Å²) < 4.78 is 45.1. The SMILES string of the molecule is CC(C)Oc1ccc(NC(=O)/C=C(/c2ccccc2)C(F)(F)F)cc1. The number of alkyl halides is 3. The number of anilines is 1. The van der Waals surface area contributed by atoms with E-state index in [2.05, 4.69) is 5.32 Å². The van der Waals surface area contributed by atoms with Crippen molar-refractivity contribution in [3.63, 3.8) is 0 Å². The maximum atomic E-state index is 13.2. The van der Waals surface area contributed by atoms with Crippen LogP contribution in [0, 0.1) is 0 Å². The summed E-state index contributed by atoms with van der Waals surface area (Å²) in [6.07, 6.45) is -4.06. The number of hydrogen-bond donors (Lipinski definition) is 1. The molecule has 0 aliphatic rings. The minimum Gasteiger partial charge on any atom is -0.491 e. The molecule has 0 unspecified atom stereocenters. The quantitative estimate of drug-likeness (QED) is 0.767. The third-order valence-corrected chi connectivity index (χ3v) is 3.16. The van der Waals surface area contributed by atoms with Crippen LogP contribution in [-0.2, 0) is 4.79 Å². The van der Waals surface area contributed by atoms with E-state index in [0.29, 0.717) is 17.5 Å². The molecule has 132 valence electrons. The van der Waals surface area contributed by atoms with Crippen LogP contribution in [0.5, 0.6) is 5.75 Å². The van der Waals surface area contributed by atoms with Crippen molar-refractivity contribution < 1.29 is 22.7 Å². The van der Waals surface area contributed by atoms with Crippen molar-refractivity contribution >= 4 is 17.2 Å². The molecule has 0 bridgehead atoms. The minimum atomic E-state index is -4.63. The summed E-state index contributed by atoms with van der Waals surface area (Å²) in [7, 11) is 0. The summed E-state index contributed by atoms with van der Waals surface area (Å²) in [5.74, 6) is -0.238. The average molecular weight is 349 g/mol. The van der Waals surface area contributed by atoms with Crippen molar-refractivity contribution in [2.45, 2.75) is 26.1 Å². The lowest BCUT2D eigenvalue weighted by atomic mass is 10.1. The Balaban J connectivity index is 2.16. The van der Waals surface area contributed by atoms with E-state index < -0.39 is 17.7 Å². The van der Waals surface area contributed by atoms with E-state index in [-0.39, 0.29) is 11.7 Å². The summed E-state index contributed by atoms with van der Waals surface area (Å²) in [5, 5.41) is 2.42. The van der Waals surface area contributed by atoms with Crippen LogP contribution < -0.4 is 10.1 Å². The lowest BCUT2D eigenvalue weighted by molar-refractivity contribution is -0.112. The molecule has 0 radical (unpaired) electrons. The average Bonchev–Trinajstić information content (AvgIpc) is 2.54. The molecule has 6 heteroatoms. The standard InChI is InChI=1S/C19H18F3NO2/c1-13(2)25-16-10-8-15(9-11-16)23-18(24)12-17(19(20,21)22)14-6-4-3-5-7-14/h3-13H,1-2H3,(H,23,24)/b17-12-. The van der Waals surface area contributed by atoms with Crippen LogP contribution in [0.4, 0.5) is 18.9 Å². The lowest BCUT2D eigenvalue weighted by Crippen LogP contribution is -2.16. The third-order valence-electron chi connectivity index (χ3n) is 3.16. The molecule has 2 rings (SSSR count). The van der Waals surface area contributed by atoms with Crippen LogP contribution in [0.1, 0.15) is 19.4 Å². The summed E-state index contributed by atoms with van der Waals surface area (Å²) in [5.41, 5.74) is -0.678. The Hall–Kier alpha value is -2.76. The normalized spacial score (nSPS) is 12.2. The summed E-state index contributed by atoms with van der Waals surface area (Å²) in [6, 6.07) is 13.6. The van der Waals surface area contributed by atoms with Gasteiger partial charge in [0.25, 0.3) is 0 Å². The Bertz CT molecular complexity index is 736. The smallest absolute Gasteiger partial charge is 0.417 e. The molecule has 1 N–H and O–H groups in total. The molecule has 0 atom stereocenters. The first-order valence-electron chi connectivity index (χ1n) is 7.67. The van der Waals surface area contributed by atoms with Crippen molar-refractivity contribution in [2.24, 2.45) is 0 Å². The molecule has 0 aliphatic carbocycles. The maximum Gasteiger partial charge on any atom is 0.417 e. The fourth-order valence-corrected chi connectivity index (χ4v) is 2.14. The van der Waals surface area contributed by atoms with Gasteiger partial charge in [-0.25, -0.2) is 0 Å². The second kappa shape index (κ2) is 7.88. The van der Waals surface area contributed by atoms with Gasteiger partial charge in [-0.3, -0.25) is 4.79 Å². The van der Waals surface area contributed by atoms with Gasteiger partial charge in [-0.15, -0.1) is 0 Å². The number of halogens is 3. The van der Waals surface area contributed by atoms with Crippen LogP contribution in [0.2, 0.25) is 0 Å². The highest BCUT2D eigenvalue weighted by Gasteiger charge is 2.35. The second-order valence-corrected chi connectivity index (χ2v) is 5.60. The number of amides is 1. The number of hydrogen-bond acceptors (Lipinski definition) is 2. The molecule has 1 amide bonds. The Morgan fingerprint density at radius 2 is 1.64 bits per heavy atom. The second-order valence-electron chi connectivity index (χ2n) is 5.60. The third kappa shape index (κ3) is 5.67. The van der Waals surface area contributed by atoms with Crippen LogP contribution in [-0.4, -0.2) is 18.2 Å². The number of carbonyl (C=O) groups is 1. The van der Waals surface area contributed by atoms with E-state index in [1.807, 2.05) is 13.8 Å². The van der Waals surface area contributed by atoms with Crippen LogP contribution >= 0.6 is 0 Å². The molecule has 0 aromatic heterocycles. The molecule has 2 aromatic rings. The van der Waals surface area contributed by atoms with Gasteiger partial charge in [0.1, 0.15) is 5.75 Å². The van der Waals surface area contributed by atoms with Crippen LogP contribution in [0.15, 0.2) is 60.7 Å². The monoisotopic (exact) mass is 349 g/mol. The number of rotatable bonds is 5. The predicted octanol–water partition coefficient (Wildman–Crippen LogP) is 5.06. The molecule has 25 heavy (non-hydrogen) atoms. The van der Waals surface area contributed by atoms with Gasteiger partial charge in [-0.05, 0) is 43.7 Å². The molecule has 0 saturated carbocycles. The predicted molar refractivity (Wildman–Crippen MR) is 91.3 cm³/mol. The number of nitrogens with one attached hydrogen (secondary N) is 1. The first kappa shape index (κ1) is 18.6. The fourth-order valence-electron chi connectivity index (χ4n) is 2.14. The van der Waals surface area contributed by atoms with E-state index in [9.17, 15) is 18.0 Å². The van der Waals surface area contributed by atoms with E-state index in [1.54, 1.807) is 30.3 Å². The molecule has 0 aliphatic heterocycles. The molecular weight excluding hydrogens is 331 g/mol. The van der Waals surface area contributed by atoms with Gasteiger partial charge in [-0.2, -0.15) is 13.2 Å². The minimum absolute atomic E-state index is 0.00332. The summed E-state index contributed by atoms with van der Waals surface area (Å²) in [6.45, 7) is 3.76. The molecule has 3 nitrogen and oxygen atoms in total. The topological polar surface area (TPSA) is 38.3 Å².